The molecule has 0 bridgehead atoms. The molecule has 98 valence electrons. The van der Waals surface area contributed by atoms with Gasteiger partial charge in [-0.1, -0.05) is 13.8 Å². The number of nitrogens with one attached hydrogen (secondary N) is 2. The van der Waals surface area contributed by atoms with Gasteiger partial charge in [0.15, 0.2) is 11.5 Å². The molecule has 0 aliphatic carbocycles. The third kappa shape index (κ3) is 3.39. The Morgan fingerprint density at radius 1 is 1.28 bits per heavy atom. The predicted octanol–water partition coefficient (Wildman–Crippen LogP) is -0.998. The predicted molar refractivity (Wildman–Crippen MR) is 65.1 cm³/mol. The smallest absolute Gasteiger partial charge is 0.272 e. The lowest BCUT2D eigenvalue weighted by Crippen LogP contribution is -2.47. The van der Waals surface area contributed by atoms with Gasteiger partial charge in [0.2, 0.25) is 5.91 Å². The monoisotopic (exact) mass is 252 g/mol. The summed E-state index contributed by atoms with van der Waals surface area (Å²) in [6, 6.07) is 2.19. The fourth-order valence-corrected chi connectivity index (χ4v) is 1.31. The first kappa shape index (κ1) is 13.8. The van der Waals surface area contributed by atoms with Gasteiger partial charge in [-0.05, 0) is 18.1 Å². The van der Waals surface area contributed by atoms with Crippen LogP contribution in [0.25, 0.3) is 0 Å². The van der Waals surface area contributed by atoms with E-state index in [1.165, 1.54) is 12.1 Å². The van der Waals surface area contributed by atoms with E-state index < -0.39 is 17.9 Å². The summed E-state index contributed by atoms with van der Waals surface area (Å²) >= 11 is 0. The van der Waals surface area contributed by atoms with Crippen molar-refractivity contribution in [1.29, 1.82) is 0 Å². The minimum Gasteiger partial charge on any atom is -0.368 e. The molecule has 18 heavy (non-hydrogen) atoms. The van der Waals surface area contributed by atoms with Gasteiger partial charge in [0.1, 0.15) is 6.04 Å². The zero-order chi connectivity index (χ0) is 13.7. The highest BCUT2D eigenvalue weighted by Gasteiger charge is 2.22. The molecule has 1 atom stereocenters. The minimum atomic E-state index is -0.744. The Kier molecular flexibility index (Phi) is 4.55. The van der Waals surface area contributed by atoms with Gasteiger partial charge in [-0.3, -0.25) is 9.59 Å². The molecular weight excluding hydrogens is 236 g/mol. The molecule has 8 heteroatoms. The van der Waals surface area contributed by atoms with E-state index in [0.29, 0.717) is 5.82 Å². The quantitative estimate of drug-likeness (QED) is 0.392. The number of primary amides is 1. The van der Waals surface area contributed by atoms with E-state index in [0.717, 1.165) is 0 Å². The average Bonchev–Trinajstić information content (AvgIpc) is 2.35. The molecule has 2 amide bonds. The fourth-order valence-electron chi connectivity index (χ4n) is 1.31. The van der Waals surface area contributed by atoms with Crippen LogP contribution in [0.2, 0.25) is 0 Å². The van der Waals surface area contributed by atoms with Crippen LogP contribution < -0.4 is 22.3 Å². The first-order chi connectivity index (χ1) is 8.45. The van der Waals surface area contributed by atoms with Crippen molar-refractivity contribution in [2.24, 2.45) is 17.5 Å². The molecule has 1 unspecified atom stereocenters. The summed E-state index contributed by atoms with van der Waals surface area (Å²) in [7, 11) is 0. The number of hydrazine groups is 1. The first-order valence-electron chi connectivity index (χ1n) is 5.36. The first-order valence-corrected chi connectivity index (χ1v) is 5.36. The lowest BCUT2D eigenvalue weighted by atomic mass is 10.0. The number of rotatable bonds is 5. The molecule has 0 saturated carbocycles. The number of nitrogen functional groups attached to an aromatic ring is 1. The molecule has 0 aliphatic heterocycles. The van der Waals surface area contributed by atoms with Gasteiger partial charge < -0.3 is 16.5 Å². The Morgan fingerprint density at radius 2 is 1.94 bits per heavy atom. The lowest BCUT2D eigenvalue weighted by Gasteiger charge is -2.18. The van der Waals surface area contributed by atoms with Gasteiger partial charge >= 0.3 is 0 Å². The van der Waals surface area contributed by atoms with Crippen molar-refractivity contribution in [3.05, 3.63) is 17.8 Å². The van der Waals surface area contributed by atoms with Crippen LogP contribution in [0.1, 0.15) is 24.3 Å². The molecular formula is C10H16N6O2. The second-order valence-electron chi connectivity index (χ2n) is 4.05. The number of nitrogens with two attached hydrogens (primary N) is 2. The number of aromatic nitrogens is 2. The number of nitrogens with zero attached hydrogens (tertiary/aromatic N) is 2. The van der Waals surface area contributed by atoms with Gasteiger partial charge in [-0.25, -0.2) is 5.84 Å². The third-order valence-corrected chi connectivity index (χ3v) is 2.30. The van der Waals surface area contributed by atoms with E-state index in [2.05, 4.69) is 20.9 Å². The van der Waals surface area contributed by atoms with Crippen molar-refractivity contribution in [2.75, 3.05) is 5.43 Å². The molecule has 6 N–H and O–H groups in total. The molecule has 0 saturated heterocycles. The third-order valence-electron chi connectivity index (χ3n) is 2.30. The SMILES string of the molecule is CC(C)C(NC(=O)c1ccc(NN)nn1)C(N)=O. The summed E-state index contributed by atoms with van der Waals surface area (Å²) in [5, 5.41) is 9.82. The van der Waals surface area contributed by atoms with Gasteiger partial charge in [-0.2, -0.15) is 0 Å². The molecule has 1 aromatic heterocycles. The molecule has 8 nitrogen and oxygen atoms in total. The number of carbonyl (C=O) groups excluding carboxylic acids is 2. The van der Waals surface area contributed by atoms with E-state index in [9.17, 15) is 9.59 Å². The summed E-state index contributed by atoms with van der Waals surface area (Å²) in [4.78, 5) is 22.9. The molecule has 1 aromatic rings. The van der Waals surface area contributed by atoms with Crippen LogP contribution in [0, 0.1) is 5.92 Å². The Morgan fingerprint density at radius 3 is 2.33 bits per heavy atom. The Bertz CT molecular complexity index is 430. The zero-order valence-electron chi connectivity index (χ0n) is 10.2. The topological polar surface area (TPSA) is 136 Å². The average molecular weight is 252 g/mol. The van der Waals surface area contributed by atoms with E-state index in [1.807, 2.05) is 0 Å². The van der Waals surface area contributed by atoms with Crippen molar-refractivity contribution in [3.8, 4) is 0 Å². The number of hydrogen-bond donors (Lipinski definition) is 4. The van der Waals surface area contributed by atoms with Gasteiger partial charge in [0.05, 0.1) is 0 Å². The van der Waals surface area contributed by atoms with E-state index >= 15 is 0 Å². The standard InChI is InChI=1S/C10H16N6O2/c1-5(2)8(9(11)17)13-10(18)6-3-4-7(14-12)16-15-6/h3-5,8H,12H2,1-2H3,(H2,11,17)(H,13,18)(H,14,16). The van der Waals surface area contributed by atoms with Gasteiger partial charge in [-0.15, -0.1) is 10.2 Å². The van der Waals surface area contributed by atoms with Crippen LogP contribution in [0.15, 0.2) is 12.1 Å². The van der Waals surface area contributed by atoms with Crippen LogP contribution in [0.5, 0.6) is 0 Å². The Balaban J connectivity index is 2.77. The normalized spacial score (nSPS) is 12.0. The summed E-state index contributed by atoms with van der Waals surface area (Å²) in [5.41, 5.74) is 7.57. The molecule has 0 fully saturated rings. The summed E-state index contributed by atoms with van der Waals surface area (Å²) in [6.07, 6.45) is 0. The lowest BCUT2D eigenvalue weighted by molar-refractivity contribution is -0.120. The largest absolute Gasteiger partial charge is 0.368 e. The molecule has 0 radical (unpaired) electrons. The van der Waals surface area contributed by atoms with Crippen LogP contribution in [0.4, 0.5) is 5.82 Å². The molecule has 1 rings (SSSR count). The van der Waals surface area contributed by atoms with E-state index in [-0.39, 0.29) is 11.6 Å². The summed E-state index contributed by atoms with van der Waals surface area (Å²) in [6.45, 7) is 3.56. The number of anilines is 1. The highest BCUT2D eigenvalue weighted by Crippen LogP contribution is 2.04. The van der Waals surface area contributed by atoms with Crippen molar-refractivity contribution in [3.63, 3.8) is 0 Å². The highest BCUT2D eigenvalue weighted by molar-refractivity contribution is 5.95. The van der Waals surface area contributed by atoms with Crippen molar-refractivity contribution >= 4 is 17.6 Å². The fraction of sp³-hybridized carbons (Fsp3) is 0.400. The maximum absolute atomic E-state index is 11.8. The minimum absolute atomic E-state index is 0.0842. The van der Waals surface area contributed by atoms with Crippen molar-refractivity contribution in [2.45, 2.75) is 19.9 Å². The Labute approximate surface area is 104 Å². The number of hydrogen-bond acceptors (Lipinski definition) is 6. The second kappa shape index (κ2) is 5.92. The highest BCUT2D eigenvalue weighted by atomic mass is 16.2. The van der Waals surface area contributed by atoms with Gasteiger partial charge in [0, 0.05) is 0 Å². The van der Waals surface area contributed by atoms with Crippen LogP contribution >= 0.6 is 0 Å². The van der Waals surface area contributed by atoms with E-state index in [1.54, 1.807) is 13.8 Å². The maximum Gasteiger partial charge on any atom is 0.272 e. The second-order valence-corrected chi connectivity index (χ2v) is 4.05. The summed E-state index contributed by atoms with van der Waals surface area (Å²) in [5.74, 6) is 4.25. The zero-order valence-corrected chi connectivity index (χ0v) is 10.2. The van der Waals surface area contributed by atoms with Crippen molar-refractivity contribution < 1.29 is 9.59 Å². The van der Waals surface area contributed by atoms with Crippen LogP contribution in [-0.2, 0) is 4.79 Å². The summed E-state index contributed by atoms with van der Waals surface area (Å²) < 4.78 is 0. The molecule has 0 aromatic carbocycles. The molecule has 0 spiro atoms. The Hall–Kier alpha value is -2.22. The molecule has 1 heterocycles. The van der Waals surface area contributed by atoms with Gasteiger partial charge in [0.25, 0.3) is 5.91 Å². The maximum atomic E-state index is 11.8. The number of carbonyl (C=O) groups is 2. The molecule has 0 aliphatic rings. The van der Waals surface area contributed by atoms with Crippen LogP contribution in [-0.4, -0.2) is 28.1 Å². The van der Waals surface area contributed by atoms with E-state index in [4.69, 9.17) is 11.6 Å². The van der Waals surface area contributed by atoms with Crippen molar-refractivity contribution in [1.82, 2.24) is 15.5 Å². The number of amides is 2. The van der Waals surface area contributed by atoms with Crippen LogP contribution in [0.3, 0.4) is 0 Å².